The molecule has 10 heteroatoms. The minimum absolute atomic E-state index is 0.0153. The number of pyridine rings is 1. The van der Waals surface area contributed by atoms with Gasteiger partial charge >= 0.3 is 0 Å². The molecule has 1 aliphatic carbocycles. The number of sulfonamides is 1. The fraction of sp³-hybridized carbons (Fsp3) is 0.550. The van der Waals surface area contributed by atoms with Crippen LogP contribution < -0.4 is 5.32 Å². The molecule has 2 aromatic rings. The van der Waals surface area contributed by atoms with Crippen molar-refractivity contribution in [2.24, 2.45) is 0 Å². The van der Waals surface area contributed by atoms with E-state index in [1.54, 1.807) is 10.4 Å². The summed E-state index contributed by atoms with van der Waals surface area (Å²) >= 11 is 5.86. The zero-order valence-electron chi connectivity index (χ0n) is 16.3. The van der Waals surface area contributed by atoms with Crippen LogP contribution in [0.15, 0.2) is 33.9 Å². The van der Waals surface area contributed by atoms with Gasteiger partial charge in [0.1, 0.15) is 5.76 Å². The van der Waals surface area contributed by atoms with E-state index in [9.17, 15) is 13.2 Å². The van der Waals surface area contributed by atoms with Crippen molar-refractivity contribution in [2.75, 3.05) is 0 Å². The smallest absolute Gasteiger partial charge is 0.273 e. The Hall–Kier alpha value is -1.97. The van der Waals surface area contributed by atoms with Gasteiger partial charge in [0.2, 0.25) is 0 Å². The Morgan fingerprint density at radius 3 is 2.53 bits per heavy atom. The molecule has 0 aromatic carbocycles. The van der Waals surface area contributed by atoms with E-state index in [1.165, 1.54) is 18.3 Å². The second-order valence-corrected chi connectivity index (χ2v) is 10.6. The van der Waals surface area contributed by atoms with Crippen LogP contribution in [0.2, 0.25) is 5.02 Å². The summed E-state index contributed by atoms with van der Waals surface area (Å²) in [4.78, 5) is 16.7. The molecule has 1 N–H and O–H groups in total. The van der Waals surface area contributed by atoms with E-state index in [4.69, 9.17) is 16.1 Å². The first-order chi connectivity index (χ1) is 14.4. The predicted molar refractivity (Wildman–Crippen MR) is 109 cm³/mol. The molecule has 0 radical (unpaired) electrons. The number of carbonyl (C=O) groups excluding carboxylic acids is 1. The number of nitrogens with one attached hydrogen (secondary N) is 1. The Balaban J connectivity index is 1.30. The van der Waals surface area contributed by atoms with Crippen LogP contribution in [0.4, 0.5) is 0 Å². The topological polar surface area (TPSA) is 105 Å². The normalized spacial score (nSPS) is 27.0. The van der Waals surface area contributed by atoms with Crippen LogP contribution in [0.5, 0.6) is 0 Å². The first-order valence-corrected chi connectivity index (χ1v) is 12.2. The molecule has 1 saturated carbocycles. The quantitative estimate of drug-likeness (QED) is 0.750. The van der Waals surface area contributed by atoms with Crippen molar-refractivity contribution in [3.63, 3.8) is 0 Å². The van der Waals surface area contributed by atoms with Gasteiger partial charge in [-0.05, 0) is 50.7 Å². The summed E-state index contributed by atoms with van der Waals surface area (Å²) in [6, 6.07) is 4.29. The minimum atomic E-state index is -3.72. The third kappa shape index (κ3) is 3.74. The van der Waals surface area contributed by atoms with Gasteiger partial charge in [0.15, 0.2) is 10.7 Å². The van der Waals surface area contributed by atoms with Crippen molar-refractivity contribution < 1.29 is 17.7 Å². The molecule has 3 aliphatic rings. The van der Waals surface area contributed by atoms with Gasteiger partial charge in [-0.1, -0.05) is 23.2 Å². The van der Waals surface area contributed by atoms with E-state index < -0.39 is 10.0 Å². The molecule has 1 unspecified atom stereocenters. The maximum atomic E-state index is 13.2. The minimum Gasteiger partial charge on any atom is -0.360 e. The van der Waals surface area contributed by atoms with Crippen molar-refractivity contribution in [1.82, 2.24) is 19.8 Å². The van der Waals surface area contributed by atoms with Gasteiger partial charge in [-0.25, -0.2) is 13.4 Å². The molecule has 8 nitrogen and oxygen atoms in total. The summed E-state index contributed by atoms with van der Waals surface area (Å²) < 4.78 is 33.4. The first kappa shape index (κ1) is 20.0. The molecule has 2 bridgehead atoms. The summed E-state index contributed by atoms with van der Waals surface area (Å²) in [6.07, 6.45) is 7.17. The van der Waals surface area contributed by atoms with Crippen LogP contribution in [0.3, 0.4) is 0 Å². The van der Waals surface area contributed by atoms with E-state index in [1.807, 2.05) is 0 Å². The lowest BCUT2D eigenvalue weighted by Gasteiger charge is -2.47. The van der Waals surface area contributed by atoms with Gasteiger partial charge in [-0.3, -0.25) is 4.79 Å². The lowest BCUT2D eigenvalue weighted by molar-refractivity contribution is 0.0789. The Morgan fingerprint density at radius 1 is 1.17 bits per heavy atom. The number of rotatable bonds is 5. The van der Waals surface area contributed by atoms with E-state index >= 15 is 0 Å². The number of fused-ring (bicyclic) bond motifs is 2. The van der Waals surface area contributed by atoms with E-state index in [0.717, 1.165) is 37.9 Å². The Labute approximate surface area is 180 Å². The maximum Gasteiger partial charge on any atom is 0.273 e. The Morgan fingerprint density at radius 2 is 1.90 bits per heavy atom. The molecule has 3 atom stereocenters. The number of piperidine rings is 2. The van der Waals surface area contributed by atoms with Crippen molar-refractivity contribution in [2.45, 2.75) is 74.0 Å². The van der Waals surface area contributed by atoms with Crippen LogP contribution in [0.25, 0.3) is 0 Å². The Kier molecular flexibility index (Phi) is 5.07. The number of hydrogen-bond acceptors (Lipinski definition) is 6. The summed E-state index contributed by atoms with van der Waals surface area (Å²) in [5, 5.41) is 7.36. The molecular weight excluding hydrogens is 428 g/mol. The number of nitrogens with zero attached hydrogens (tertiary/aromatic N) is 3. The molecular formula is C20H23ClN4O4S. The summed E-state index contributed by atoms with van der Waals surface area (Å²) in [7, 11) is -3.72. The van der Waals surface area contributed by atoms with Gasteiger partial charge in [-0.15, -0.1) is 0 Å². The highest BCUT2D eigenvalue weighted by Crippen LogP contribution is 2.40. The fourth-order valence-corrected chi connectivity index (χ4v) is 6.61. The SMILES string of the molecule is O=C(NC1C[C@H]2CCC[C@@H](C1)N2S(=O)(=O)c1ccc(Cl)cn1)c1cc(C2CC2)on1. The molecule has 1 amide bonds. The highest BCUT2D eigenvalue weighted by molar-refractivity contribution is 7.89. The molecule has 4 heterocycles. The van der Waals surface area contributed by atoms with Gasteiger partial charge in [-0.2, -0.15) is 4.31 Å². The fourth-order valence-electron chi connectivity index (χ4n) is 4.69. The predicted octanol–water partition coefficient (Wildman–Crippen LogP) is 3.10. The summed E-state index contributed by atoms with van der Waals surface area (Å²) in [6.45, 7) is 0. The second kappa shape index (κ2) is 7.62. The molecule has 2 aromatic heterocycles. The van der Waals surface area contributed by atoms with E-state index in [2.05, 4.69) is 15.5 Å². The van der Waals surface area contributed by atoms with Gasteiger partial charge in [0.25, 0.3) is 15.9 Å². The van der Waals surface area contributed by atoms with E-state index in [-0.39, 0.29) is 29.1 Å². The van der Waals surface area contributed by atoms with Crippen LogP contribution >= 0.6 is 11.6 Å². The highest BCUT2D eigenvalue weighted by Gasteiger charge is 2.46. The zero-order chi connectivity index (χ0) is 20.9. The average molecular weight is 451 g/mol. The van der Waals surface area contributed by atoms with Crippen molar-refractivity contribution in [3.05, 3.63) is 40.9 Å². The lowest BCUT2D eigenvalue weighted by atomic mass is 9.84. The number of hydrogen-bond donors (Lipinski definition) is 1. The third-order valence-corrected chi connectivity index (χ3v) is 8.37. The standard InChI is InChI=1S/C20H23ClN4O4S/c21-13-6-7-19(22-11-13)30(27,28)25-15-2-1-3-16(25)9-14(8-15)23-20(26)17-10-18(29-24-17)12-4-5-12/h6-7,10-12,14-16H,1-5,8-9H2,(H,23,26)/t14?,15-,16+. The van der Waals surface area contributed by atoms with E-state index in [0.29, 0.717) is 29.5 Å². The Bertz CT molecular complexity index is 1040. The average Bonchev–Trinajstić information content (AvgIpc) is 3.44. The molecule has 5 rings (SSSR count). The number of halogens is 1. The molecule has 3 fully saturated rings. The summed E-state index contributed by atoms with van der Waals surface area (Å²) in [5.41, 5.74) is 0.294. The summed E-state index contributed by atoms with van der Waals surface area (Å²) in [5.74, 6) is 0.908. The van der Waals surface area contributed by atoms with Gasteiger partial charge < -0.3 is 9.84 Å². The lowest BCUT2D eigenvalue weighted by Crippen LogP contribution is -2.58. The zero-order valence-corrected chi connectivity index (χ0v) is 17.9. The maximum absolute atomic E-state index is 13.2. The first-order valence-electron chi connectivity index (χ1n) is 10.3. The number of amides is 1. The van der Waals surface area contributed by atoms with Crippen molar-refractivity contribution in [3.8, 4) is 0 Å². The highest BCUT2D eigenvalue weighted by atomic mass is 35.5. The largest absolute Gasteiger partial charge is 0.360 e. The number of carbonyl (C=O) groups is 1. The number of aromatic nitrogens is 2. The van der Waals surface area contributed by atoms with Gasteiger partial charge in [0.05, 0.1) is 5.02 Å². The molecule has 30 heavy (non-hydrogen) atoms. The van der Waals surface area contributed by atoms with Crippen LogP contribution in [0.1, 0.15) is 67.1 Å². The molecule has 0 spiro atoms. The second-order valence-electron chi connectivity index (χ2n) is 8.42. The van der Waals surface area contributed by atoms with Crippen molar-refractivity contribution in [1.29, 1.82) is 0 Å². The van der Waals surface area contributed by atoms with Crippen molar-refractivity contribution >= 4 is 27.5 Å². The van der Waals surface area contributed by atoms with Gasteiger partial charge in [0, 0.05) is 36.3 Å². The van der Waals surface area contributed by atoms with Crippen LogP contribution in [-0.2, 0) is 10.0 Å². The molecule has 2 saturated heterocycles. The van der Waals surface area contributed by atoms with Crippen LogP contribution in [-0.4, -0.2) is 46.9 Å². The molecule has 2 aliphatic heterocycles. The third-order valence-electron chi connectivity index (χ3n) is 6.23. The molecule has 160 valence electrons. The van der Waals surface area contributed by atoms with Crippen LogP contribution in [0, 0.1) is 0 Å². The monoisotopic (exact) mass is 450 g/mol.